The molecule has 380 valence electrons. The van der Waals surface area contributed by atoms with Gasteiger partial charge in [-0.05, 0) is 216 Å². The summed E-state index contributed by atoms with van der Waals surface area (Å²) >= 11 is 0. The summed E-state index contributed by atoms with van der Waals surface area (Å²) in [7, 11) is 0. The first-order valence-electron chi connectivity index (χ1n) is 27.5. The lowest BCUT2D eigenvalue weighted by molar-refractivity contribution is 0.993. The number of fused-ring (bicyclic) bond motifs is 12. The molecule has 0 nitrogen and oxygen atoms in total. The van der Waals surface area contributed by atoms with Crippen molar-refractivity contribution in [1.29, 1.82) is 0 Å². The Morgan fingerprint density at radius 1 is 0.291 bits per heavy atom. The number of rotatable bonds is 6. The summed E-state index contributed by atoms with van der Waals surface area (Å²) < 4.78 is 0. The quantitative estimate of drug-likeness (QED) is 0.146. The van der Waals surface area contributed by atoms with Gasteiger partial charge in [0.15, 0.2) is 0 Å². The average molecular weight is 1010 g/mol. The minimum absolute atomic E-state index is 0. The molecule has 2 bridgehead atoms. The molecular weight excluding hydrogens is 949 g/mol. The van der Waals surface area contributed by atoms with Crippen molar-refractivity contribution in [1.82, 2.24) is 0 Å². The van der Waals surface area contributed by atoms with E-state index in [-0.39, 0.29) is 14.9 Å². The van der Waals surface area contributed by atoms with Gasteiger partial charge in [-0.3, -0.25) is 0 Å². The van der Waals surface area contributed by atoms with Gasteiger partial charge in [-0.15, -0.1) is 0 Å². The second kappa shape index (κ2) is 20.9. The summed E-state index contributed by atoms with van der Waals surface area (Å²) in [6.45, 7) is 6.33. The van der Waals surface area contributed by atoms with Crippen LogP contribution in [0.15, 0.2) is 255 Å². The maximum atomic E-state index is 2.58. The molecule has 0 heterocycles. The molecule has 2 aliphatic rings. The third-order valence-corrected chi connectivity index (χ3v) is 16.5. The van der Waals surface area contributed by atoms with Crippen LogP contribution in [0.2, 0.25) is 0 Å². The largest absolute Gasteiger partial charge is 0.0836 e. The summed E-state index contributed by atoms with van der Waals surface area (Å²) in [6.07, 6.45) is 6.81. The monoisotopic (exact) mass is 1010 g/mol. The zero-order valence-corrected chi connectivity index (χ0v) is 43.7. The van der Waals surface area contributed by atoms with Gasteiger partial charge in [-0.1, -0.05) is 253 Å². The fraction of sp³-hybridized carbons (Fsp3) is 0.0886. The zero-order chi connectivity index (χ0) is 51.6. The van der Waals surface area contributed by atoms with E-state index in [2.05, 4.69) is 268 Å². The van der Waals surface area contributed by atoms with Gasteiger partial charge in [0.2, 0.25) is 0 Å². The molecular formula is C79H64. The van der Waals surface area contributed by atoms with Crippen molar-refractivity contribution in [3.8, 4) is 100 Å². The highest BCUT2D eigenvalue weighted by atomic mass is 14.3. The Labute approximate surface area is 466 Å². The van der Waals surface area contributed by atoms with Crippen molar-refractivity contribution in [2.75, 3.05) is 0 Å². The first kappa shape index (κ1) is 50.5. The first-order valence-corrected chi connectivity index (χ1v) is 27.5. The van der Waals surface area contributed by atoms with E-state index in [1.54, 1.807) is 0 Å². The van der Waals surface area contributed by atoms with Crippen molar-refractivity contribution in [2.24, 2.45) is 0 Å². The standard InChI is InChI=1S/C75H50.C2H6.2CH4/c1-47-48-21-14-15-30-54-41-63-67-45-72(75-58(51-26-10-4-11-27-51)37-20-38-59(75)52-28-12-5-13-29-52)70-44-65-61-40-18-33-53-32-17-39-60(73(53)61)64(65)43-66(70)68(67)46-71(69(63)42-62(54)55(47)34-16-31-48)74-56(49-22-6-2-7-23-49)35-19-36-57(74)50-24-8-3-9-25-50;1-2;;/h2-13,15-20,22-46H,14,21H2,1H3;1-2H3;2*1H4/b30-15+;;;. The van der Waals surface area contributed by atoms with Crippen LogP contribution in [0, 0.1) is 6.92 Å². The molecule has 0 amide bonds. The van der Waals surface area contributed by atoms with Gasteiger partial charge < -0.3 is 0 Å². The molecule has 0 saturated heterocycles. The van der Waals surface area contributed by atoms with E-state index < -0.39 is 0 Å². The first-order chi connectivity index (χ1) is 38.1. The fourth-order valence-electron chi connectivity index (χ4n) is 13.0. The number of allylic oxidation sites excluding steroid dienone is 1. The molecule has 2 aliphatic carbocycles. The molecule has 15 rings (SSSR count). The van der Waals surface area contributed by atoms with Gasteiger partial charge >= 0.3 is 0 Å². The molecule has 0 aromatic heterocycles. The molecule has 0 N–H and O–H groups in total. The van der Waals surface area contributed by atoms with Crippen molar-refractivity contribution < 1.29 is 0 Å². The minimum Gasteiger partial charge on any atom is -0.0836 e. The lowest BCUT2D eigenvalue weighted by atomic mass is 9.79. The topological polar surface area (TPSA) is 0 Å². The second-order valence-corrected chi connectivity index (χ2v) is 20.5. The highest BCUT2D eigenvalue weighted by molar-refractivity contribution is 6.29. The number of aryl methyl sites for hydroxylation is 1. The van der Waals surface area contributed by atoms with Crippen LogP contribution in [-0.2, 0) is 6.42 Å². The van der Waals surface area contributed by atoms with Crippen molar-refractivity contribution in [2.45, 2.75) is 48.5 Å². The molecule has 13 aromatic rings. The van der Waals surface area contributed by atoms with E-state index in [1.165, 1.54) is 160 Å². The molecule has 0 atom stereocenters. The summed E-state index contributed by atoms with van der Waals surface area (Å²) in [6, 6.07) is 93.8. The van der Waals surface area contributed by atoms with E-state index >= 15 is 0 Å². The van der Waals surface area contributed by atoms with E-state index in [0.717, 1.165) is 12.8 Å². The predicted octanol–water partition coefficient (Wildman–Crippen LogP) is 23.2. The van der Waals surface area contributed by atoms with Gasteiger partial charge in [-0.25, -0.2) is 0 Å². The Morgan fingerprint density at radius 3 is 1.11 bits per heavy atom. The molecule has 13 aromatic carbocycles. The smallest absolute Gasteiger partial charge is 0.00204 e. The summed E-state index contributed by atoms with van der Waals surface area (Å²) in [5, 5.41) is 10.1. The molecule has 0 aliphatic heterocycles. The summed E-state index contributed by atoms with van der Waals surface area (Å²) in [5.74, 6) is 0. The van der Waals surface area contributed by atoms with E-state index in [1.807, 2.05) is 13.8 Å². The number of benzene rings is 13. The molecule has 0 fully saturated rings. The van der Waals surface area contributed by atoms with Gasteiger partial charge in [0.05, 0.1) is 0 Å². The molecule has 0 unspecified atom stereocenters. The SMILES string of the molecule is C.C.CC.Cc1c2cccc1-c1cc3c(-c4c(-c5ccccc5)cccc4-c4ccccc4)cc4c5cc6c(cc5c(-c5c(-c7ccccc7)cccc5-c5ccccc5)cc4c3cc1/C=C/CC2)-c1cccc2cccc-6c12. The van der Waals surface area contributed by atoms with Crippen LogP contribution in [0.5, 0.6) is 0 Å². The summed E-state index contributed by atoms with van der Waals surface area (Å²) in [4.78, 5) is 0. The third-order valence-electron chi connectivity index (χ3n) is 16.5. The van der Waals surface area contributed by atoms with Crippen LogP contribution < -0.4 is 0 Å². The number of hydrogen-bond acceptors (Lipinski definition) is 0. The van der Waals surface area contributed by atoms with Crippen molar-refractivity contribution in [3.63, 3.8) is 0 Å². The Hall–Kier alpha value is -9.36. The van der Waals surface area contributed by atoms with Crippen LogP contribution in [0.1, 0.15) is 51.8 Å². The minimum atomic E-state index is 0. The van der Waals surface area contributed by atoms with Gasteiger partial charge in [0, 0.05) is 0 Å². The maximum absolute atomic E-state index is 2.58. The lowest BCUT2D eigenvalue weighted by Crippen LogP contribution is -1.97. The summed E-state index contributed by atoms with van der Waals surface area (Å²) in [5.41, 5.74) is 26.4. The highest BCUT2D eigenvalue weighted by Gasteiger charge is 2.28. The third kappa shape index (κ3) is 8.30. The average Bonchev–Trinajstić information content (AvgIpc) is 4.02. The van der Waals surface area contributed by atoms with Gasteiger partial charge in [-0.2, -0.15) is 0 Å². The number of hydrogen-bond donors (Lipinski definition) is 0. The van der Waals surface area contributed by atoms with Crippen molar-refractivity contribution >= 4 is 49.2 Å². The molecule has 79 heavy (non-hydrogen) atoms. The lowest BCUT2D eigenvalue weighted by Gasteiger charge is -2.23. The van der Waals surface area contributed by atoms with Gasteiger partial charge in [0.25, 0.3) is 0 Å². The molecule has 0 saturated carbocycles. The fourth-order valence-corrected chi connectivity index (χ4v) is 13.0. The maximum Gasteiger partial charge on any atom is -0.00204 e. The second-order valence-electron chi connectivity index (χ2n) is 20.5. The molecule has 0 heteroatoms. The van der Waals surface area contributed by atoms with E-state index in [9.17, 15) is 0 Å². The van der Waals surface area contributed by atoms with Crippen LogP contribution >= 0.6 is 0 Å². The Kier molecular flexibility index (Phi) is 13.3. The predicted molar refractivity (Wildman–Crippen MR) is 346 cm³/mol. The Bertz CT molecular complexity index is 4360. The zero-order valence-electron chi connectivity index (χ0n) is 43.7. The van der Waals surface area contributed by atoms with Crippen molar-refractivity contribution in [3.05, 3.63) is 271 Å². The normalized spacial score (nSPS) is 12.3. The molecule has 0 radical (unpaired) electrons. The van der Waals surface area contributed by atoms with E-state index in [0.29, 0.717) is 0 Å². The highest BCUT2D eigenvalue weighted by Crippen LogP contribution is 2.55. The van der Waals surface area contributed by atoms with Crippen LogP contribution in [-0.4, -0.2) is 0 Å². The van der Waals surface area contributed by atoms with E-state index in [4.69, 9.17) is 0 Å². The Balaban J connectivity index is 0.00000154. The van der Waals surface area contributed by atoms with Crippen LogP contribution in [0.25, 0.3) is 149 Å². The van der Waals surface area contributed by atoms with Crippen LogP contribution in [0.4, 0.5) is 0 Å². The van der Waals surface area contributed by atoms with Gasteiger partial charge in [0.1, 0.15) is 0 Å². The Morgan fingerprint density at radius 2 is 0.646 bits per heavy atom. The molecule has 0 spiro atoms. The van der Waals surface area contributed by atoms with Crippen LogP contribution in [0.3, 0.4) is 0 Å².